The molecule has 1 unspecified atom stereocenters. The van der Waals surface area contributed by atoms with Crippen LogP contribution in [0.3, 0.4) is 0 Å². The summed E-state index contributed by atoms with van der Waals surface area (Å²) in [5.74, 6) is 1.07. The van der Waals surface area contributed by atoms with Gasteiger partial charge in [0.1, 0.15) is 0 Å². The van der Waals surface area contributed by atoms with Crippen LogP contribution in [0.1, 0.15) is 31.4 Å². The minimum Gasteiger partial charge on any atom is -0.356 e. The lowest BCUT2D eigenvalue weighted by Crippen LogP contribution is -2.44. The van der Waals surface area contributed by atoms with Crippen LogP contribution in [-0.2, 0) is 11.3 Å². The zero-order chi connectivity index (χ0) is 15.5. The van der Waals surface area contributed by atoms with Crippen molar-refractivity contribution in [3.05, 3.63) is 20.7 Å². The number of aryl methyl sites for hydroxylation is 1. The molecule has 2 aliphatic rings. The highest BCUT2D eigenvalue weighted by Gasteiger charge is 2.27. The normalized spacial score (nSPS) is 22.7. The largest absolute Gasteiger partial charge is 0.356 e. The zero-order valence-corrected chi connectivity index (χ0v) is 14.0. The third-order valence-electron chi connectivity index (χ3n) is 4.75. The van der Waals surface area contributed by atoms with E-state index in [4.69, 9.17) is 0 Å². The van der Waals surface area contributed by atoms with Crippen molar-refractivity contribution in [3.8, 4) is 0 Å². The van der Waals surface area contributed by atoms with E-state index in [1.807, 2.05) is 16.9 Å². The van der Waals surface area contributed by atoms with Crippen LogP contribution in [0.2, 0.25) is 0 Å². The van der Waals surface area contributed by atoms with E-state index >= 15 is 0 Å². The predicted octanol–water partition coefficient (Wildman–Crippen LogP) is 1.46. The van der Waals surface area contributed by atoms with Gasteiger partial charge >= 0.3 is 4.87 Å². The van der Waals surface area contributed by atoms with Crippen molar-refractivity contribution in [1.29, 1.82) is 0 Å². The highest BCUT2D eigenvalue weighted by molar-refractivity contribution is 7.07. The van der Waals surface area contributed by atoms with Gasteiger partial charge in [0, 0.05) is 37.3 Å². The van der Waals surface area contributed by atoms with Gasteiger partial charge in [0.05, 0.1) is 5.92 Å². The third kappa shape index (κ3) is 3.98. The van der Waals surface area contributed by atoms with Crippen molar-refractivity contribution in [3.63, 3.8) is 0 Å². The van der Waals surface area contributed by atoms with Gasteiger partial charge in [0.2, 0.25) is 5.91 Å². The van der Waals surface area contributed by atoms with Gasteiger partial charge in [0.25, 0.3) is 0 Å². The average molecular weight is 323 g/mol. The molecule has 1 saturated heterocycles. The lowest BCUT2D eigenvalue weighted by Gasteiger charge is -2.32. The van der Waals surface area contributed by atoms with E-state index < -0.39 is 0 Å². The van der Waals surface area contributed by atoms with Gasteiger partial charge in [0.15, 0.2) is 0 Å². The molecule has 2 fully saturated rings. The van der Waals surface area contributed by atoms with Gasteiger partial charge in [-0.05, 0) is 45.1 Å². The maximum absolute atomic E-state index is 12.2. The fourth-order valence-electron chi connectivity index (χ4n) is 3.10. The Morgan fingerprint density at radius 1 is 1.36 bits per heavy atom. The number of nitrogens with zero attached hydrogens (tertiary/aromatic N) is 2. The molecule has 1 aliphatic heterocycles. The highest BCUT2D eigenvalue weighted by Crippen LogP contribution is 2.27. The minimum absolute atomic E-state index is 0.118. The van der Waals surface area contributed by atoms with Gasteiger partial charge in [-0.2, -0.15) is 0 Å². The number of carbonyl (C=O) groups excluding carboxylic acids is 1. The smallest absolute Gasteiger partial charge is 0.307 e. The summed E-state index contributed by atoms with van der Waals surface area (Å²) in [6.45, 7) is 6.27. The molecule has 1 amide bonds. The molecule has 1 aromatic rings. The monoisotopic (exact) mass is 323 g/mol. The first kappa shape index (κ1) is 15.7. The number of piperidine rings is 1. The van der Waals surface area contributed by atoms with E-state index in [2.05, 4.69) is 10.2 Å². The first-order chi connectivity index (χ1) is 10.6. The summed E-state index contributed by atoms with van der Waals surface area (Å²) in [6, 6.07) is 0. The van der Waals surface area contributed by atoms with Crippen molar-refractivity contribution < 1.29 is 4.79 Å². The zero-order valence-electron chi connectivity index (χ0n) is 13.2. The number of amides is 1. The number of nitrogens with one attached hydrogen (secondary N) is 1. The van der Waals surface area contributed by atoms with Crippen LogP contribution >= 0.6 is 11.3 Å². The van der Waals surface area contributed by atoms with Gasteiger partial charge in [-0.15, -0.1) is 0 Å². The molecule has 1 saturated carbocycles. The number of carbonyl (C=O) groups is 1. The number of aromatic nitrogens is 1. The van der Waals surface area contributed by atoms with Gasteiger partial charge in [-0.25, -0.2) is 0 Å². The lowest BCUT2D eigenvalue weighted by molar-refractivity contribution is -0.126. The molecular weight excluding hydrogens is 298 g/mol. The molecule has 0 spiro atoms. The highest BCUT2D eigenvalue weighted by atomic mass is 32.1. The second-order valence-electron chi connectivity index (χ2n) is 6.62. The Morgan fingerprint density at radius 2 is 2.18 bits per heavy atom. The minimum atomic E-state index is 0.118. The Kier molecular flexibility index (Phi) is 4.98. The molecule has 0 aromatic carbocycles. The Bertz CT molecular complexity index is 576. The molecule has 122 valence electrons. The lowest BCUT2D eigenvalue weighted by atomic mass is 9.97. The van der Waals surface area contributed by atoms with E-state index in [9.17, 15) is 9.59 Å². The summed E-state index contributed by atoms with van der Waals surface area (Å²) in [5.41, 5.74) is 1.03. The molecule has 0 radical (unpaired) electrons. The molecule has 6 heteroatoms. The third-order valence-corrected chi connectivity index (χ3v) is 5.64. The molecule has 1 aliphatic carbocycles. The van der Waals surface area contributed by atoms with E-state index in [-0.39, 0.29) is 16.7 Å². The van der Waals surface area contributed by atoms with E-state index in [1.54, 1.807) is 0 Å². The number of hydrogen-bond acceptors (Lipinski definition) is 4. The SMILES string of the molecule is Cc1csc(=O)n1CCN1CCCC(C(=O)NCC2CC2)C1. The van der Waals surface area contributed by atoms with Crippen molar-refractivity contribution in [2.24, 2.45) is 11.8 Å². The van der Waals surface area contributed by atoms with Gasteiger partial charge in [-0.1, -0.05) is 11.3 Å². The molecule has 5 nitrogen and oxygen atoms in total. The van der Waals surface area contributed by atoms with Crippen LogP contribution < -0.4 is 10.2 Å². The van der Waals surface area contributed by atoms with Gasteiger partial charge < -0.3 is 14.8 Å². The van der Waals surface area contributed by atoms with Gasteiger partial charge in [-0.3, -0.25) is 9.59 Å². The van der Waals surface area contributed by atoms with Crippen molar-refractivity contribution >= 4 is 17.2 Å². The number of hydrogen-bond donors (Lipinski definition) is 1. The molecule has 2 heterocycles. The van der Waals surface area contributed by atoms with Crippen molar-refractivity contribution in [1.82, 2.24) is 14.8 Å². The summed E-state index contributed by atoms with van der Waals surface area (Å²) in [5, 5.41) is 5.01. The molecule has 3 rings (SSSR count). The topological polar surface area (TPSA) is 54.3 Å². The van der Waals surface area contributed by atoms with E-state index in [0.29, 0.717) is 0 Å². The molecule has 0 bridgehead atoms. The Balaban J connectivity index is 1.47. The molecule has 1 aromatic heterocycles. The summed E-state index contributed by atoms with van der Waals surface area (Å²) >= 11 is 1.26. The number of thiazole rings is 1. The fraction of sp³-hybridized carbons (Fsp3) is 0.750. The molecule has 22 heavy (non-hydrogen) atoms. The first-order valence-corrected chi connectivity index (χ1v) is 9.16. The molecular formula is C16H25N3O2S. The summed E-state index contributed by atoms with van der Waals surface area (Å²) in [7, 11) is 0. The van der Waals surface area contributed by atoms with Crippen LogP contribution in [0.4, 0.5) is 0 Å². The quantitative estimate of drug-likeness (QED) is 0.862. The summed E-state index contributed by atoms with van der Waals surface area (Å²) < 4.78 is 1.83. The standard InChI is InChI=1S/C16H25N3O2S/c1-12-11-22-16(21)19(12)8-7-18-6-2-3-14(10-18)15(20)17-9-13-4-5-13/h11,13-14H,2-10H2,1H3,(H,17,20). The number of likely N-dealkylation sites (tertiary alicyclic amines) is 1. The summed E-state index contributed by atoms with van der Waals surface area (Å²) in [4.78, 5) is 26.4. The van der Waals surface area contributed by atoms with Crippen molar-refractivity contribution in [2.75, 3.05) is 26.2 Å². The second kappa shape index (κ2) is 6.96. The Morgan fingerprint density at radius 3 is 2.86 bits per heavy atom. The summed E-state index contributed by atoms with van der Waals surface area (Å²) in [6.07, 6.45) is 4.60. The molecule has 1 atom stereocenters. The maximum atomic E-state index is 12.2. The first-order valence-electron chi connectivity index (χ1n) is 8.28. The average Bonchev–Trinajstić information content (AvgIpc) is 3.30. The Labute approximate surface area is 135 Å². The van der Waals surface area contributed by atoms with Crippen molar-refractivity contribution in [2.45, 2.75) is 39.2 Å². The molecule has 1 N–H and O–H groups in total. The van der Waals surface area contributed by atoms with Crippen LogP contribution in [0.15, 0.2) is 10.2 Å². The van der Waals surface area contributed by atoms with E-state index in [1.165, 1.54) is 24.2 Å². The fourth-order valence-corrected chi connectivity index (χ4v) is 3.86. The Hall–Kier alpha value is -1.14. The van der Waals surface area contributed by atoms with Crippen LogP contribution in [0.25, 0.3) is 0 Å². The number of rotatable bonds is 6. The predicted molar refractivity (Wildman–Crippen MR) is 88.2 cm³/mol. The van der Waals surface area contributed by atoms with Crippen LogP contribution in [0, 0.1) is 18.8 Å². The maximum Gasteiger partial charge on any atom is 0.307 e. The second-order valence-corrected chi connectivity index (χ2v) is 7.44. The van der Waals surface area contributed by atoms with Crippen LogP contribution in [0.5, 0.6) is 0 Å². The van der Waals surface area contributed by atoms with E-state index in [0.717, 1.165) is 57.2 Å². The van der Waals surface area contributed by atoms with Crippen LogP contribution in [-0.4, -0.2) is 41.6 Å².